The molecule has 1 aromatic carbocycles. The summed E-state index contributed by atoms with van der Waals surface area (Å²) in [5.41, 5.74) is 8.67. The van der Waals surface area contributed by atoms with Crippen LogP contribution in [0.5, 0.6) is 5.75 Å². The lowest BCUT2D eigenvalue weighted by molar-refractivity contribution is 0.356. The van der Waals surface area contributed by atoms with Crippen molar-refractivity contribution in [2.45, 2.75) is 31.2 Å². The number of rotatable bonds is 3. The van der Waals surface area contributed by atoms with E-state index in [0.717, 1.165) is 30.6 Å². The summed E-state index contributed by atoms with van der Waals surface area (Å²) >= 11 is 0. The van der Waals surface area contributed by atoms with E-state index in [-0.39, 0.29) is 0 Å². The molecule has 1 aromatic heterocycles. The zero-order valence-electron chi connectivity index (χ0n) is 11.8. The quantitative estimate of drug-likeness (QED) is 0.900. The fourth-order valence-corrected chi connectivity index (χ4v) is 2.95. The van der Waals surface area contributed by atoms with E-state index < -0.39 is 5.54 Å². The predicted molar refractivity (Wildman–Crippen MR) is 74.3 cm³/mol. The van der Waals surface area contributed by atoms with Crippen molar-refractivity contribution in [2.75, 3.05) is 7.11 Å². The van der Waals surface area contributed by atoms with Gasteiger partial charge in [-0.2, -0.15) is 4.80 Å². The average Bonchev–Trinajstić information content (AvgIpc) is 2.84. The number of aryl methyl sites for hydroxylation is 2. The smallest absolute Gasteiger partial charge is 0.176 e. The maximum atomic E-state index is 6.66. The number of hydrogen-bond donors (Lipinski definition) is 1. The number of ether oxygens (including phenoxy) is 1. The molecule has 0 bridgehead atoms. The molecule has 0 fully saturated rings. The summed E-state index contributed by atoms with van der Waals surface area (Å²) in [6.07, 6.45) is 3.66. The molecule has 106 valence electrons. The molecule has 0 saturated heterocycles. The molecule has 0 aliphatic heterocycles. The number of nitrogens with two attached hydrogens (primary N) is 1. The SMILES string of the molecule is COc1ccc2c(c1)C(N)(Cc1nnn(C)n1)CCC2. The van der Waals surface area contributed by atoms with Crippen LogP contribution in [0.3, 0.4) is 0 Å². The number of fused-ring (bicyclic) bond motifs is 1. The Morgan fingerprint density at radius 3 is 3.00 bits per heavy atom. The first-order valence-corrected chi connectivity index (χ1v) is 6.80. The standard InChI is InChI=1S/C14H19N5O/c1-19-17-13(16-18-19)9-14(15)7-3-4-10-5-6-11(20-2)8-12(10)14/h5-6,8H,3-4,7,9,15H2,1-2H3. The number of benzene rings is 1. The molecule has 1 aliphatic rings. The van der Waals surface area contributed by atoms with Crippen molar-refractivity contribution in [3.8, 4) is 5.75 Å². The Balaban J connectivity index is 1.98. The van der Waals surface area contributed by atoms with Gasteiger partial charge in [-0.15, -0.1) is 10.2 Å². The Bertz CT molecular complexity index is 624. The normalized spacial score (nSPS) is 21.6. The van der Waals surface area contributed by atoms with Crippen LogP contribution in [0.25, 0.3) is 0 Å². The molecule has 0 amide bonds. The van der Waals surface area contributed by atoms with E-state index in [4.69, 9.17) is 10.5 Å². The maximum absolute atomic E-state index is 6.66. The first-order valence-electron chi connectivity index (χ1n) is 6.80. The summed E-state index contributed by atoms with van der Waals surface area (Å²) in [7, 11) is 3.44. The molecule has 0 saturated carbocycles. The molecule has 1 heterocycles. The lowest BCUT2D eigenvalue weighted by Gasteiger charge is -2.35. The van der Waals surface area contributed by atoms with E-state index in [0.29, 0.717) is 12.2 Å². The second-order valence-corrected chi connectivity index (χ2v) is 5.40. The van der Waals surface area contributed by atoms with Crippen molar-refractivity contribution in [3.63, 3.8) is 0 Å². The molecule has 1 unspecified atom stereocenters. The van der Waals surface area contributed by atoms with Gasteiger partial charge in [0.1, 0.15) is 5.75 Å². The molecule has 0 spiro atoms. The second-order valence-electron chi connectivity index (χ2n) is 5.40. The third kappa shape index (κ3) is 2.27. The third-order valence-corrected chi connectivity index (χ3v) is 3.95. The molecule has 0 radical (unpaired) electrons. The van der Waals surface area contributed by atoms with Crippen molar-refractivity contribution in [1.29, 1.82) is 0 Å². The van der Waals surface area contributed by atoms with Gasteiger partial charge in [-0.25, -0.2) is 0 Å². The van der Waals surface area contributed by atoms with Crippen LogP contribution in [-0.2, 0) is 25.4 Å². The lowest BCUT2D eigenvalue weighted by Crippen LogP contribution is -2.42. The van der Waals surface area contributed by atoms with Gasteiger partial charge in [0.05, 0.1) is 14.2 Å². The zero-order valence-corrected chi connectivity index (χ0v) is 11.8. The largest absolute Gasteiger partial charge is 0.497 e. The van der Waals surface area contributed by atoms with E-state index in [1.807, 2.05) is 12.1 Å². The van der Waals surface area contributed by atoms with E-state index in [1.165, 1.54) is 10.4 Å². The van der Waals surface area contributed by atoms with E-state index in [1.54, 1.807) is 14.2 Å². The van der Waals surface area contributed by atoms with Gasteiger partial charge >= 0.3 is 0 Å². The summed E-state index contributed by atoms with van der Waals surface area (Å²) in [6, 6.07) is 6.15. The van der Waals surface area contributed by atoms with Crippen LogP contribution >= 0.6 is 0 Å². The van der Waals surface area contributed by atoms with Gasteiger partial charge < -0.3 is 10.5 Å². The van der Waals surface area contributed by atoms with Crippen molar-refractivity contribution in [1.82, 2.24) is 20.2 Å². The molecule has 3 rings (SSSR count). The Morgan fingerprint density at radius 1 is 1.45 bits per heavy atom. The van der Waals surface area contributed by atoms with E-state index in [2.05, 4.69) is 21.5 Å². The van der Waals surface area contributed by atoms with Gasteiger partial charge in [0.15, 0.2) is 5.82 Å². The van der Waals surface area contributed by atoms with E-state index >= 15 is 0 Å². The molecule has 6 heteroatoms. The van der Waals surface area contributed by atoms with Crippen molar-refractivity contribution < 1.29 is 4.74 Å². The monoisotopic (exact) mass is 273 g/mol. The highest BCUT2D eigenvalue weighted by Gasteiger charge is 2.34. The highest BCUT2D eigenvalue weighted by Crippen LogP contribution is 2.37. The number of aromatic nitrogens is 4. The number of hydrogen-bond acceptors (Lipinski definition) is 5. The Morgan fingerprint density at radius 2 is 2.30 bits per heavy atom. The second kappa shape index (κ2) is 4.86. The van der Waals surface area contributed by atoms with Crippen LogP contribution in [0.4, 0.5) is 0 Å². The highest BCUT2D eigenvalue weighted by atomic mass is 16.5. The maximum Gasteiger partial charge on any atom is 0.176 e. The van der Waals surface area contributed by atoms with Gasteiger partial charge in [-0.1, -0.05) is 6.07 Å². The molecule has 1 aliphatic carbocycles. The van der Waals surface area contributed by atoms with Gasteiger partial charge in [-0.05, 0) is 47.7 Å². The Kier molecular flexibility index (Phi) is 3.17. The summed E-state index contributed by atoms with van der Waals surface area (Å²) in [5.74, 6) is 1.53. The minimum absolute atomic E-state index is 0.439. The van der Waals surface area contributed by atoms with Crippen LogP contribution in [-0.4, -0.2) is 27.3 Å². The number of methoxy groups -OCH3 is 1. The average molecular weight is 273 g/mol. The number of tetrazole rings is 1. The summed E-state index contributed by atoms with van der Waals surface area (Å²) < 4.78 is 5.32. The van der Waals surface area contributed by atoms with Gasteiger partial charge in [0.25, 0.3) is 0 Å². The van der Waals surface area contributed by atoms with Crippen LogP contribution in [0, 0.1) is 0 Å². The summed E-state index contributed by atoms with van der Waals surface area (Å²) in [4.78, 5) is 1.47. The third-order valence-electron chi connectivity index (χ3n) is 3.95. The summed E-state index contributed by atoms with van der Waals surface area (Å²) in [5, 5.41) is 12.2. The molecule has 6 nitrogen and oxygen atoms in total. The molecule has 2 N–H and O–H groups in total. The predicted octanol–water partition coefficient (Wildman–Crippen LogP) is 0.952. The van der Waals surface area contributed by atoms with E-state index in [9.17, 15) is 0 Å². The first-order chi connectivity index (χ1) is 9.60. The topological polar surface area (TPSA) is 78.9 Å². The van der Waals surface area contributed by atoms with Crippen LogP contribution in [0.1, 0.15) is 29.8 Å². The minimum Gasteiger partial charge on any atom is -0.497 e. The molecule has 1 atom stereocenters. The lowest BCUT2D eigenvalue weighted by atomic mass is 9.75. The molecule has 2 aromatic rings. The highest BCUT2D eigenvalue weighted by molar-refractivity contribution is 5.42. The number of nitrogens with zero attached hydrogens (tertiary/aromatic N) is 4. The minimum atomic E-state index is -0.439. The molecular formula is C14H19N5O. The Labute approximate surface area is 117 Å². The first kappa shape index (κ1) is 13.1. The molecule has 20 heavy (non-hydrogen) atoms. The zero-order chi connectivity index (χ0) is 14.2. The summed E-state index contributed by atoms with van der Waals surface area (Å²) in [6.45, 7) is 0. The Hall–Kier alpha value is -1.95. The molecular weight excluding hydrogens is 254 g/mol. The van der Waals surface area contributed by atoms with Crippen molar-refractivity contribution in [2.24, 2.45) is 12.8 Å². The van der Waals surface area contributed by atoms with Crippen LogP contribution in [0.15, 0.2) is 18.2 Å². The van der Waals surface area contributed by atoms with Crippen molar-refractivity contribution in [3.05, 3.63) is 35.2 Å². The van der Waals surface area contributed by atoms with Gasteiger partial charge in [0.2, 0.25) is 0 Å². The van der Waals surface area contributed by atoms with Crippen molar-refractivity contribution >= 4 is 0 Å². The van der Waals surface area contributed by atoms with Crippen LogP contribution in [0.2, 0.25) is 0 Å². The van der Waals surface area contributed by atoms with Gasteiger partial charge in [-0.3, -0.25) is 0 Å². The fourth-order valence-electron chi connectivity index (χ4n) is 2.95. The van der Waals surface area contributed by atoms with Crippen LogP contribution < -0.4 is 10.5 Å². The fraction of sp³-hybridized carbons (Fsp3) is 0.500. The van der Waals surface area contributed by atoms with Gasteiger partial charge in [0, 0.05) is 12.0 Å².